The van der Waals surface area contributed by atoms with E-state index in [-0.39, 0.29) is 0 Å². The number of hydrogen-bond acceptors (Lipinski definition) is 5. The van der Waals surface area contributed by atoms with E-state index < -0.39 is 11.6 Å². The van der Waals surface area contributed by atoms with Crippen molar-refractivity contribution in [1.82, 2.24) is 9.80 Å². The molecule has 1 rings (SSSR count). The Bertz CT molecular complexity index is 243. The molecule has 0 fully saturated rings. The quantitative estimate of drug-likeness (QED) is 0.536. The van der Waals surface area contributed by atoms with Crippen molar-refractivity contribution >= 4 is 5.84 Å². The van der Waals surface area contributed by atoms with Crippen LogP contribution in [-0.4, -0.2) is 41.3 Å². The fourth-order valence-electron chi connectivity index (χ4n) is 1.49. The average molecular weight is 185 g/mol. The Morgan fingerprint density at radius 2 is 1.69 bits per heavy atom. The Balaban J connectivity index is 3.16. The average Bonchev–Trinajstić information content (AvgIpc) is 1.98. The first-order valence-corrected chi connectivity index (χ1v) is 4.31. The highest BCUT2D eigenvalue weighted by atomic mass is 15.6. The molecule has 1 aliphatic rings. The van der Waals surface area contributed by atoms with Crippen molar-refractivity contribution in [3.63, 3.8) is 0 Å². The predicted molar refractivity (Wildman–Crippen MR) is 53.8 cm³/mol. The molecular formula is C8H19N5. The van der Waals surface area contributed by atoms with Crippen molar-refractivity contribution in [3.8, 4) is 0 Å². The molecule has 0 saturated carbocycles. The first kappa shape index (κ1) is 10.4. The van der Waals surface area contributed by atoms with E-state index in [4.69, 9.17) is 11.5 Å². The molecule has 2 unspecified atom stereocenters. The van der Waals surface area contributed by atoms with Crippen LogP contribution in [0.3, 0.4) is 0 Å². The van der Waals surface area contributed by atoms with E-state index in [2.05, 4.69) is 4.99 Å². The molecule has 0 spiro atoms. The SMILES string of the molecule is CC1=NC(C)(N)N(C)C(C)(N)N1C. The maximum atomic E-state index is 6.12. The lowest BCUT2D eigenvalue weighted by molar-refractivity contribution is -0.0526. The molecule has 0 aromatic carbocycles. The summed E-state index contributed by atoms with van der Waals surface area (Å²) >= 11 is 0. The zero-order valence-corrected chi connectivity index (χ0v) is 9.00. The molecule has 1 heterocycles. The summed E-state index contributed by atoms with van der Waals surface area (Å²) in [5.74, 6) is -0.455. The lowest BCUT2D eigenvalue weighted by Crippen LogP contribution is -2.74. The zero-order valence-electron chi connectivity index (χ0n) is 9.00. The van der Waals surface area contributed by atoms with E-state index in [0.29, 0.717) is 0 Å². The van der Waals surface area contributed by atoms with Crippen LogP contribution in [0.5, 0.6) is 0 Å². The molecule has 13 heavy (non-hydrogen) atoms. The molecule has 0 amide bonds. The summed E-state index contributed by atoms with van der Waals surface area (Å²) in [6, 6.07) is 0. The maximum Gasteiger partial charge on any atom is 0.166 e. The second-order valence-corrected chi connectivity index (χ2v) is 3.97. The molecule has 5 nitrogen and oxygen atoms in total. The van der Waals surface area contributed by atoms with Crippen molar-refractivity contribution in [3.05, 3.63) is 0 Å². The smallest absolute Gasteiger partial charge is 0.166 e. The third kappa shape index (κ3) is 1.43. The van der Waals surface area contributed by atoms with E-state index in [0.717, 1.165) is 5.84 Å². The normalized spacial score (nSPS) is 42.1. The third-order valence-electron chi connectivity index (χ3n) is 2.91. The molecule has 76 valence electrons. The molecule has 0 saturated heterocycles. The van der Waals surface area contributed by atoms with Crippen LogP contribution in [0.15, 0.2) is 4.99 Å². The molecular weight excluding hydrogens is 166 g/mol. The van der Waals surface area contributed by atoms with Crippen molar-refractivity contribution in [2.45, 2.75) is 32.3 Å². The van der Waals surface area contributed by atoms with E-state index in [9.17, 15) is 0 Å². The molecule has 0 bridgehead atoms. The first-order valence-electron chi connectivity index (χ1n) is 4.31. The summed E-state index contributed by atoms with van der Waals surface area (Å²) in [5, 5.41) is 0. The van der Waals surface area contributed by atoms with Gasteiger partial charge in [-0.25, -0.2) is 9.89 Å². The van der Waals surface area contributed by atoms with Gasteiger partial charge in [0.2, 0.25) is 0 Å². The lowest BCUT2D eigenvalue weighted by atomic mass is 10.2. The Kier molecular flexibility index (Phi) is 2.14. The van der Waals surface area contributed by atoms with Crippen LogP contribution in [0.2, 0.25) is 0 Å². The van der Waals surface area contributed by atoms with Crippen LogP contribution in [0.25, 0.3) is 0 Å². The molecule has 0 aromatic rings. The van der Waals surface area contributed by atoms with Gasteiger partial charge in [-0.15, -0.1) is 0 Å². The van der Waals surface area contributed by atoms with E-state index in [1.807, 2.05) is 44.7 Å². The predicted octanol–water partition coefficient (Wildman–Crippen LogP) is -0.453. The monoisotopic (exact) mass is 185 g/mol. The third-order valence-corrected chi connectivity index (χ3v) is 2.91. The molecule has 0 aromatic heterocycles. The summed E-state index contributed by atoms with van der Waals surface area (Å²) < 4.78 is 0. The minimum Gasteiger partial charge on any atom is -0.333 e. The van der Waals surface area contributed by atoms with Gasteiger partial charge in [-0.05, 0) is 27.8 Å². The van der Waals surface area contributed by atoms with Crippen molar-refractivity contribution in [1.29, 1.82) is 0 Å². The van der Waals surface area contributed by atoms with Gasteiger partial charge in [-0.3, -0.25) is 11.5 Å². The van der Waals surface area contributed by atoms with Gasteiger partial charge in [0.15, 0.2) is 5.79 Å². The standard InChI is InChI=1S/C8H19N5/c1-6-11-7(2,9)13(5)8(3,10)12(6)4/h9-10H2,1-5H3. The Labute approximate surface area is 79.4 Å². The van der Waals surface area contributed by atoms with E-state index in [1.54, 1.807) is 0 Å². The summed E-state index contributed by atoms with van der Waals surface area (Å²) in [6.07, 6.45) is 0. The van der Waals surface area contributed by atoms with Gasteiger partial charge >= 0.3 is 0 Å². The fourth-order valence-corrected chi connectivity index (χ4v) is 1.49. The second-order valence-electron chi connectivity index (χ2n) is 3.97. The number of nitrogens with zero attached hydrogens (tertiary/aromatic N) is 3. The largest absolute Gasteiger partial charge is 0.333 e. The van der Waals surface area contributed by atoms with Gasteiger partial charge in [0.25, 0.3) is 0 Å². The minimum atomic E-state index is -0.722. The highest BCUT2D eigenvalue weighted by Gasteiger charge is 2.43. The van der Waals surface area contributed by atoms with Gasteiger partial charge in [0.1, 0.15) is 11.6 Å². The van der Waals surface area contributed by atoms with Crippen molar-refractivity contribution < 1.29 is 0 Å². The molecule has 4 N–H and O–H groups in total. The summed E-state index contributed by atoms with van der Waals surface area (Å²) in [5.41, 5.74) is 12.1. The van der Waals surface area contributed by atoms with Gasteiger partial charge < -0.3 is 4.90 Å². The van der Waals surface area contributed by atoms with Crippen LogP contribution < -0.4 is 11.5 Å². The van der Waals surface area contributed by atoms with Crippen LogP contribution >= 0.6 is 0 Å². The molecule has 2 atom stereocenters. The molecule has 0 aliphatic carbocycles. The highest BCUT2D eigenvalue weighted by Crippen LogP contribution is 2.24. The molecule has 0 radical (unpaired) electrons. The van der Waals surface area contributed by atoms with Crippen LogP contribution in [0.4, 0.5) is 0 Å². The minimum absolute atomic E-state index is 0.588. The van der Waals surface area contributed by atoms with Crippen molar-refractivity contribution in [2.75, 3.05) is 14.1 Å². The number of hydrogen-bond donors (Lipinski definition) is 2. The lowest BCUT2D eigenvalue weighted by Gasteiger charge is -2.52. The van der Waals surface area contributed by atoms with E-state index >= 15 is 0 Å². The summed E-state index contributed by atoms with van der Waals surface area (Å²) in [4.78, 5) is 8.08. The summed E-state index contributed by atoms with van der Waals surface area (Å²) in [6.45, 7) is 5.66. The second kappa shape index (κ2) is 2.67. The Morgan fingerprint density at radius 3 is 2.15 bits per heavy atom. The first-order chi connectivity index (χ1) is 5.69. The van der Waals surface area contributed by atoms with Gasteiger partial charge in [0.05, 0.1) is 0 Å². The topological polar surface area (TPSA) is 70.9 Å². The number of aliphatic imine (C=N–C) groups is 1. The van der Waals surface area contributed by atoms with Gasteiger partial charge in [-0.1, -0.05) is 0 Å². The van der Waals surface area contributed by atoms with Gasteiger partial charge in [-0.2, -0.15) is 0 Å². The highest BCUT2D eigenvalue weighted by molar-refractivity contribution is 5.81. The van der Waals surface area contributed by atoms with Crippen LogP contribution in [-0.2, 0) is 0 Å². The Hall–Kier alpha value is -0.650. The van der Waals surface area contributed by atoms with Crippen molar-refractivity contribution in [2.24, 2.45) is 16.5 Å². The molecule has 5 heteroatoms. The molecule has 1 aliphatic heterocycles. The maximum absolute atomic E-state index is 6.12. The Morgan fingerprint density at radius 1 is 1.23 bits per heavy atom. The number of rotatable bonds is 0. The van der Waals surface area contributed by atoms with Crippen LogP contribution in [0, 0.1) is 0 Å². The fraction of sp³-hybridized carbons (Fsp3) is 0.875. The summed E-state index contributed by atoms with van der Waals surface area (Å²) in [7, 11) is 3.77. The van der Waals surface area contributed by atoms with E-state index in [1.165, 1.54) is 0 Å². The number of nitrogens with two attached hydrogens (primary N) is 2. The van der Waals surface area contributed by atoms with Crippen LogP contribution in [0.1, 0.15) is 20.8 Å². The van der Waals surface area contributed by atoms with Gasteiger partial charge in [0, 0.05) is 7.05 Å². The zero-order chi connectivity index (χ0) is 10.4. The number of amidine groups is 1.